The average molecular weight is 457 g/mol. The third-order valence-corrected chi connectivity index (χ3v) is 6.13. The van der Waals surface area contributed by atoms with E-state index in [2.05, 4.69) is 15.2 Å². The number of anilines is 1. The number of ether oxygens (including phenoxy) is 1. The Hall–Kier alpha value is -3.48. The fourth-order valence-electron chi connectivity index (χ4n) is 3.52. The molecule has 0 bridgehead atoms. The van der Waals surface area contributed by atoms with E-state index in [1.165, 1.54) is 18.3 Å². The normalized spacial score (nSPS) is 14.4. The van der Waals surface area contributed by atoms with Crippen molar-refractivity contribution in [1.29, 1.82) is 0 Å². The number of morpholine rings is 1. The number of nitrogens with zero attached hydrogens (tertiary/aromatic N) is 4. The summed E-state index contributed by atoms with van der Waals surface area (Å²) in [6.07, 6.45) is 0. The summed E-state index contributed by atoms with van der Waals surface area (Å²) in [5.74, 6) is -0.693. The lowest BCUT2D eigenvalue weighted by molar-refractivity contribution is -0.394. The largest absolute Gasteiger partial charge is 0.379 e. The molecule has 1 aliphatic rings. The van der Waals surface area contributed by atoms with Crippen LogP contribution in [-0.4, -0.2) is 51.9 Å². The summed E-state index contributed by atoms with van der Waals surface area (Å²) in [5, 5.41) is 25.3. The molecule has 1 amide bonds. The molecule has 12 heteroatoms. The van der Waals surface area contributed by atoms with Gasteiger partial charge in [-0.05, 0) is 24.6 Å². The Bertz CT molecular complexity index is 1220. The van der Waals surface area contributed by atoms with Gasteiger partial charge in [-0.3, -0.25) is 35.2 Å². The molecule has 0 saturated carbocycles. The average Bonchev–Trinajstić information content (AvgIpc) is 3.15. The maximum absolute atomic E-state index is 12.8. The number of carbonyl (C=O) groups is 1. The van der Waals surface area contributed by atoms with E-state index < -0.39 is 27.1 Å². The molecule has 4 rings (SSSR count). The van der Waals surface area contributed by atoms with Gasteiger partial charge in [0.2, 0.25) is 0 Å². The first kappa shape index (κ1) is 21.7. The number of aromatic nitrogens is 1. The molecule has 0 unspecified atom stereocenters. The lowest BCUT2D eigenvalue weighted by Gasteiger charge is -2.26. The minimum atomic E-state index is -0.767. The molecule has 0 aliphatic carbocycles. The Balaban J connectivity index is 1.57. The molecule has 11 nitrogen and oxygen atoms in total. The fourth-order valence-corrected chi connectivity index (χ4v) is 4.44. The summed E-state index contributed by atoms with van der Waals surface area (Å²) < 4.78 is 6.25. The highest BCUT2D eigenvalue weighted by Gasteiger charge is 2.25. The topological polar surface area (TPSA) is 141 Å². The predicted octanol–water partition coefficient (Wildman–Crippen LogP) is 3.51. The van der Waals surface area contributed by atoms with Gasteiger partial charge in [0, 0.05) is 31.3 Å². The second-order valence-electron chi connectivity index (χ2n) is 7.32. The molecular formula is C20H19N5O6S. The van der Waals surface area contributed by atoms with Crippen LogP contribution in [0.2, 0.25) is 0 Å². The van der Waals surface area contributed by atoms with E-state index in [1.807, 2.05) is 18.2 Å². The molecular weight excluding hydrogens is 438 g/mol. The Morgan fingerprint density at radius 1 is 1.19 bits per heavy atom. The summed E-state index contributed by atoms with van der Waals surface area (Å²) in [6.45, 7) is 5.35. The molecule has 1 fully saturated rings. The number of nitro groups is 2. The number of non-ortho nitro benzene ring substituents is 1. The first-order chi connectivity index (χ1) is 15.3. The number of amides is 1. The van der Waals surface area contributed by atoms with E-state index in [1.54, 1.807) is 0 Å². The van der Waals surface area contributed by atoms with Crippen LogP contribution in [0.25, 0.3) is 10.2 Å². The van der Waals surface area contributed by atoms with Crippen molar-refractivity contribution in [1.82, 2.24) is 9.88 Å². The zero-order valence-electron chi connectivity index (χ0n) is 17.1. The van der Waals surface area contributed by atoms with Crippen LogP contribution in [0.15, 0.2) is 30.3 Å². The van der Waals surface area contributed by atoms with Gasteiger partial charge in [0.25, 0.3) is 17.3 Å². The van der Waals surface area contributed by atoms with Crippen molar-refractivity contribution in [2.45, 2.75) is 13.5 Å². The quantitative estimate of drug-likeness (QED) is 0.438. The molecule has 0 atom stereocenters. The van der Waals surface area contributed by atoms with Gasteiger partial charge in [0.15, 0.2) is 5.13 Å². The number of thiazole rings is 1. The molecule has 1 aromatic heterocycles. The fraction of sp³-hybridized carbons (Fsp3) is 0.300. The smallest absolute Gasteiger partial charge is 0.279 e. The number of hydrogen-bond acceptors (Lipinski definition) is 9. The van der Waals surface area contributed by atoms with E-state index in [0.29, 0.717) is 23.9 Å². The van der Waals surface area contributed by atoms with Crippen molar-refractivity contribution in [3.8, 4) is 0 Å². The molecule has 1 saturated heterocycles. The van der Waals surface area contributed by atoms with Gasteiger partial charge < -0.3 is 4.74 Å². The van der Waals surface area contributed by atoms with Gasteiger partial charge in [0.1, 0.15) is 0 Å². The molecule has 0 spiro atoms. The minimum Gasteiger partial charge on any atom is -0.379 e. The number of benzene rings is 2. The van der Waals surface area contributed by atoms with Crippen LogP contribution in [0.1, 0.15) is 21.5 Å². The van der Waals surface area contributed by atoms with Crippen LogP contribution in [-0.2, 0) is 11.3 Å². The van der Waals surface area contributed by atoms with Gasteiger partial charge in [-0.2, -0.15) is 0 Å². The zero-order chi connectivity index (χ0) is 22.8. The van der Waals surface area contributed by atoms with Crippen LogP contribution in [0.4, 0.5) is 16.5 Å². The van der Waals surface area contributed by atoms with E-state index in [0.717, 1.165) is 42.0 Å². The Morgan fingerprint density at radius 3 is 2.62 bits per heavy atom. The highest BCUT2D eigenvalue weighted by Crippen LogP contribution is 2.31. The Kier molecular flexibility index (Phi) is 6.08. The number of carbonyl (C=O) groups excluding carboxylic acids is 1. The molecule has 2 aromatic carbocycles. The van der Waals surface area contributed by atoms with Gasteiger partial charge in [0.05, 0.1) is 44.9 Å². The van der Waals surface area contributed by atoms with E-state index in [9.17, 15) is 25.0 Å². The van der Waals surface area contributed by atoms with Gasteiger partial charge in [-0.1, -0.05) is 17.4 Å². The first-order valence-electron chi connectivity index (χ1n) is 9.76. The summed E-state index contributed by atoms with van der Waals surface area (Å²) in [6, 6.07) is 7.75. The predicted molar refractivity (Wildman–Crippen MR) is 118 cm³/mol. The van der Waals surface area contributed by atoms with Crippen molar-refractivity contribution in [2.24, 2.45) is 0 Å². The lowest BCUT2D eigenvalue weighted by Crippen LogP contribution is -2.35. The van der Waals surface area contributed by atoms with Crippen molar-refractivity contribution >= 4 is 44.0 Å². The van der Waals surface area contributed by atoms with E-state index in [4.69, 9.17) is 4.74 Å². The molecule has 3 aromatic rings. The monoisotopic (exact) mass is 457 g/mol. The van der Waals surface area contributed by atoms with Crippen molar-refractivity contribution < 1.29 is 19.4 Å². The van der Waals surface area contributed by atoms with Gasteiger partial charge in [-0.15, -0.1) is 0 Å². The van der Waals surface area contributed by atoms with E-state index in [-0.39, 0.29) is 11.1 Å². The van der Waals surface area contributed by atoms with Crippen molar-refractivity contribution in [2.75, 3.05) is 31.6 Å². The van der Waals surface area contributed by atoms with Crippen LogP contribution in [0, 0.1) is 27.2 Å². The molecule has 2 heterocycles. The number of fused-ring (bicyclic) bond motifs is 1. The zero-order valence-corrected chi connectivity index (χ0v) is 17.9. The van der Waals surface area contributed by atoms with Crippen molar-refractivity contribution in [3.05, 3.63) is 67.3 Å². The summed E-state index contributed by atoms with van der Waals surface area (Å²) in [7, 11) is 0. The molecule has 32 heavy (non-hydrogen) atoms. The lowest BCUT2D eigenvalue weighted by atomic mass is 10.0. The van der Waals surface area contributed by atoms with Crippen molar-refractivity contribution in [3.63, 3.8) is 0 Å². The van der Waals surface area contributed by atoms with Crippen LogP contribution >= 0.6 is 11.3 Å². The number of rotatable bonds is 6. The SMILES string of the molecule is Cc1c(C(=O)Nc2nc3ccc(CN4CCOCC4)cc3s2)cc([N+](=O)[O-])cc1[N+](=O)[O-]. The van der Waals surface area contributed by atoms with E-state index >= 15 is 0 Å². The van der Waals surface area contributed by atoms with Gasteiger partial charge in [-0.25, -0.2) is 4.98 Å². The molecule has 1 aliphatic heterocycles. The second-order valence-corrected chi connectivity index (χ2v) is 8.35. The first-order valence-corrected chi connectivity index (χ1v) is 10.6. The maximum Gasteiger partial charge on any atom is 0.279 e. The summed E-state index contributed by atoms with van der Waals surface area (Å²) in [4.78, 5) is 40.4. The summed E-state index contributed by atoms with van der Waals surface area (Å²) >= 11 is 1.27. The number of nitrogens with one attached hydrogen (secondary N) is 1. The molecule has 1 N–H and O–H groups in total. The summed E-state index contributed by atoms with van der Waals surface area (Å²) in [5.41, 5.74) is 0.722. The van der Waals surface area contributed by atoms with Crippen LogP contribution < -0.4 is 5.32 Å². The highest BCUT2D eigenvalue weighted by atomic mass is 32.1. The van der Waals surface area contributed by atoms with Crippen LogP contribution in [0.3, 0.4) is 0 Å². The number of nitro benzene ring substituents is 2. The maximum atomic E-state index is 12.8. The number of hydrogen-bond donors (Lipinski definition) is 1. The Morgan fingerprint density at radius 2 is 1.94 bits per heavy atom. The molecule has 166 valence electrons. The Labute approximate surface area is 185 Å². The molecule has 0 radical (unpaired) electrons. The minimum absolute atomic E-state index is 0.0482. The van der Waals surface area contributed by atoms with Gasteiger partial charge >= 0.3 is 0 Å². The third-order valence-electron chi connectivity index (χ3n) is 5.20. The third kappa shape index (κ3) is 4.56. The standard InChI is InChI=1S/C20H19N5O6S/c1-12-15(9-14(24(27)28)10-17(12)25(29)30)19(26)22-20-21-16-3-2-13(8-18(16)32-20)11-23-4-6-31-7-5-23/h2-3,8-10H,4-7,11H2,1H3,(H,21,22,26). The highest BCUT2D eigenvalue weighted by molar-refractivity contribution is 7.22. The second kappa shape index (κ2) is 8.94. The van der Waals surface area contributed by atoms with Crippen LogP contribution in [0.5, 0.6) is 0 Å².